The summed E-state index contributed by atoms with van der Waals surface area (Å²) in [4.78, 5) is 22.6. The number of hydrogen-bond acceptors (Lipinski definition) is 4. The van der Waals surface area contributed by atoms with E-state index >= 15 is 0 Å². The molecule has 0 aliphatic carbocycles. The molecule has 5 nitrogen and oxygen atoms in total. The van der Waals surface area contributed by atoms with Gasteiger partial charge in [-0.1, -0.05) is 6.92 Å². The molecule has 0 rings (SSSR count). The Bertz CT molecular complexity index is 298. The summed E-state index contributed by atoms with van der Waals surface area (Å²) < 4.78 is 0. The summed E-state index contributed by atoms with van der Waals surface area (Å²) in [7, 11) is 0. The number of rotatable bonds is 10. The third-order valence-electron chi connectivity index (χ3n) is 2.69. The van der Waals surface area contributed by atoms with Gasteiger partial charge < -0.3 is 15.7 Å². The summed E-state index contributed by atoms with van der Waals surface area (Å²) in [6.45, 7) is 8.09. The number of carboxylic acid groups (broad SMARTS) is 1. The Morgan fingerprint density at radius 2 is 2.00 bits per heavy atom. The van der Waals surface area contributed by atoms with Crippen molar-refractivity contribution in [2.75, 3.05) is 18.1 Å². The summed E-state index contributed by atoms with van der Waals surface area (Å²) in [6, 6.07) is 0.164. The number of likely N-dealkylation sites (N-methyl/N-ethyl adjacent to an activating group) is 1. The van der Waals surface area contributed by atoms with Gasteiger partial charge in [0.15, 0.2) is 0 Å². The molecule has 0 fully saturated rings. The number of carbonyl (C=O) groups is 2. The Morgan fingerprint density at radius 1 is 1.37 bits per heavy atom. The van der Waals surface area contributed by atoms with Crippen LogP contribution in [0.5, 0.6) is 0 Å². The Kier molecular flexibility index (Phi) is 8.84. The third kappa shape index (κ3) is 8.10. The van der Waals surface area contributed by atoms with Gasteiger partial charge in [-0.3, -0.25) is 9.59 Å². The van der Waals surface area contributed by atoms with E-state index in [0.29, 0.717) is 18.7 Å². The first-order chi connectivity index (χ1) is 8.81. The van der Waals surface area contributed by atoms with Crippen molar-refractivity contribution in [1.82, 2.24) is 10.6 Å². The molecule has 0 saturated carbocycles. The molecule has 1 amide bonds. The largest absolute Gasteiger partial charge is 0.480 e. The fourth-order valence-electron chi connectivity index (χ4n) is 1.72. The Balaban J connectivity index is 3.84. The summed E-state index contributed by atoms with van der Waals surface area (Å²) in [6.07, 6.45) is 1.34. The fraction of sp³-hybridized carbons (Fsp3) is 0.846. The van der Waals surface area contributed by atoms with E-state index in [4.69, 9.17) is 0 Å². The van der Waals surface area contributed by atoms with E-state index in [2.05, 4.69) is 10.6 Å². The topological polar surface area (TPSA) is 78.4 Å². The summed E-state index contributed by atoms with van der Waals surface area (Å²) in [5.74, 6) is 0.438. The lowest BCUT2D eigenvalue weighted by Gasteiger charge is -2.25. The van der Waals surface area contributed by atoms with Gasteiger partial charge in [0.25, 0.3) is 0 Å². The summed E-state index contributed by atoms with van der Waals surface area (Å²) >= 11 is 1.54. The summed E-state index contributed by atoms with van der Waals surface area (Å²) in [5.41, 5.74) is -0.866. The highest BCUT2D eigenvalue weighted by atomic mass is 32.2. The molecular formula is C13H26N2O3S. The normalized spacial score (nSPS) is 14.2. The molecule has 0 aromatic heterocycles. The Hall–Kier alpha value is -0.750. The highest BCUT2D eigenvalue weighted by Gasteiger charge is 2.30. The minimum absolute atomic E-state index is 0.0349. The van der Waals surface area contributed by atoms with Gasteiger partial charge in [0.1, 0.15) is 5.54 Å². The van der Waals surface area contributed by atoms with Gasteiger partial charge in [0.05, 0.1) is 5.75 Å². The number of carboxylic acids is 1. The minimum atomic E-state index is -0.866. The molecule has 0 aliphatic rings. The van der Waals surface area contributed by atoms with Crippen molar-refractivity contribution in [2.45, 2.75) is 52.1 Å². The summed E-state index contributed by atoms with van der Waals surface area (Å²) in [5, 5.41) is 15.0. The van der Waals surface area contributed by atoms with Crippen LogP contribution in [-0.4, -0.2) is 46.6 Å². The van der Waals surface area contributed by atoms with Crippen molar-refractivity contribution in [2.24, 2.45) is 0 Å². The molecule has 6 heteroatoms. The Morgan fingerprint density at radius 3 is 2.47 bits per heavy atom. The number of nitrogens with one attached hydrogen (secondary N) is 2. The minimum Gasteiger partial charge on any atom is -0.480 e. The molecule has 1 unspecified atom stereocenters. The van der Waals surface area contributed by atoms with Crippen LogP contribution < -0.4 is 10.6 Å². The van der Waals surface area contributed by atoms with Crippen molar-refractivity contribution < 1.29 is 14.7 Å². The van der Waals surface area contributed by atoms with Crippen LogP contribution in [-0.2, 0) is 9.59 Å². The van der Waals surface area contributed by atoms with E-state index in [9.17, 15) is 14.7 Å². The molecule has 0 bridgehead atoms. The number of amides is 1. The van der Waals surface area contributed by atoms with Crippen molar-refractivity contribution in [3.05, 3.63) is 0 Å². The molecular weight excluding hydrogens is 264 g/mol. The van der Waals surface area contributed by atoms with Gasteiger partial charge in [-0.25, -0.2) is 0 Å². The molecule has 0 aliphatic heterocycles. The molecule has 112 valence electrons. The van der Waals surface area contributed by atoms with E-state index in [1.807, 2.05) is 20.8 Å². The van der Waals surface area contributed by atoms with Gasteiger partial charge in [0, 0.05) is 6.04 Å². The molecule has 0 aromatic carbocycles. The Labute approximate surface area is 119 Å². The van der Waals surface area contributed by atoms with Crippen LogP contribution in [0.15, 0.2) is 0 Å². The lowest BCUT2D eigenvalue weighted by Crippen LogP contribution is -2.49. The van der Waals surface area contributed by atoms with Crippen molar-refractivity contribution in [3.63, 3.8) is 0 Å². The first-order valence-electron chi connectivity index (χ1n) is 6.67. The number of carbonyl (C=O) groups excluding carboxylic acids is 1. The maximum absolute atomic E-state index is 11.4. The zero-order valence-electron chi connectivity index (χ0n) is 12.3. The van der Waals surface area contributed by atoms with Crippen LogP contribution in [0.4, 0.5) is 0 Å². The molecule has 19 heavy (non-hydrogen) atoms. The van der Waals surface area contributed by atoms with Crippen molar-refractivity contribution in [3.8, 4) is 0 Å². The third-order valence-corrected chi connectivity index (χ3v) is 3.73. The van der Waals surface area contributed by atoms with Crippen LogP contribution in [0.25, 0.3) is 0 Å². The molecule has 0 heterocycles. The van der Waals surface area contributed by atoms with E-state index in [-0.39, 0.29) is 11.9 Å². The number of aliphatic carboxylic acids is 1. The van der Waals surface area contributed by atoms with Gasteiger partial charge in [0.2, 0.25) is 5.91 Å². The van der Waals surface area contributed by atoms with E-state index in [0.717, 1.165) is 12.2 Å². The zero-order chi connectivity index (χ0) is 14.9. The quantitative estimate of drug-likeness (QED) is 0.531. The molecule has 1 atom stereocenters. The second-order valence-corrected chi connectivity index (χ2v) is 6.15. The monoisotopic (exact) mass is 290 g/mol. The van der Waals surface area contributed by atoms with Gasteiger partial charge >= 0.3 is 5.97 Å². The second-order valence-electron chi connectivity index (χ2n) is 5.05. The molecule has 3 N–H and O–H groups in total. The smallest absolute Gasteiger partial charge is 0.323 e. The van der Waals surface area contributed by atoms with Crippen LogP contribution in [0.2, 0.25) is 0 Å². The lowest BCUT2D eigenvalue weighted by atomic mass is 9.96. The van der Waals surface area contributed by atoms with Crippen LogP contribution in [0.1, 0.15) is 40.5 Å². The van der Waals surface area contributed by atoms with E-state index in [1.54, 1.807) is 18.7 Å². The highest BCUT2D eigenvalue weighted by Crippen LogP contribution is 2.15. The number of hydrogen-bond donors (Lipinski definition) is 3. The maximum atomic E-state index is 11.4. The first-order valence-corrected chi connectivity index (χ1v) is 7.83. The fourth-order valence-corrected chi connectivity index (χ4v) is 2.48. The SMILES string of the molecule is CCNC(C)(CCCSCC(=O)NC(C)C)C(=O)O. The molecule has 0 aromatic rings. The predicted octanol–water partition coefficient (Wildman–Crippen LogP) is 1.48. The lowest BCUT2D eigenvalue weighted by molar-refractivity contribution is -0.144. The average Bonchev–Trinajstić information content (AvgIpc) is 2.27. The predicted molar refractivity (Wildman–Crippen MR) is 79.6 cm³/mol. The molecule has 0 saturated heterocycles. The van der Waals surface area contributed by atoms with Crippen molar-refractivity contribution >= 4 is 23.6 Å². The first kappa shape index (κ1) is 18.2. The molecule has 0 spiro atoms. The molecule has 0 radical (unpaired) electrons. The van der Waals surface area contributed by atoms with Crippen LogP contribution in [0, 0.1) is 0 Å². The van der Waals surface area contributed by atoms with Gasteiger partial charge in [-0.2, -0.15) is 11.8 Å². The maximum Gasteiger partial charge on any atom is 0.323 e. The average molecular weight is 290 g/mol. The highest BCUT2D eigenvalue weighted by molar-refractivity contribution is 7.99. The van der Waals surface area contributed by atoms with Crippen molar-refractivity contribution in [1.29, 1.82) is 0 Å². The van der Waals surface area contributed by atoms with Gasteiger partial charge in [-0.05, 0) is 45.9 Å². The van der Waals surface area contributed by atoms with Crippen LogP contribution in [0.3, 0.4) is 0 Å². The van der Waals surface area contributed by atoms with Crippen LogP contribution >= 0.6 is 11.8 Å². The second kappa shape index (κ2) is 9.20. The van der Waals surface area contributed by atoms with Gasteiger partial charge in [-0.15, -0.1) is 0 Å². The number of thioether (sulfide) groups is 1. The van der Waals surface area contributed by atoms with E-state index < -0.39 is 11.5 Å². The van der Waals surface area contributed by atoms with E-state index in [1.165, 1.54) is 0 Å². The zero-order valence-corrected chi connectivity index (χ0v) is 13.1. The standard InChI is InChI=1S/C13H26N2O3S/c1-5-14-13(4,12(17)18)7-6-8-19-9-11(16)15-10(2)3/h10,14H,5-9H2,1-4H3,(H,15,16)(H,17,18).